The summed E-state index contributed by atoms with van der Waals surface area (Å²) in [6, 6.07) is 4.03. The molecule has 0 aliphatic rings. The Morgan fingerprint density at radius 3 is 2.47 bits per heavy atom. The van der Waals surface area contributed by atoms with E-state index in [1.54, 1.807) is 13.1 Å². The summed E-state index contributed by atoms with van der Waals surface area (Å²) in [5.74, 6) is -1.05. The zero-order chi connectivity index (χ0) is 11.0. The van der Waals surface area contributed by atoms with Crippen LogP contribution in [0.25, 0.3) is 10.9 Å². The van der Waals surface area contributed by atoms with E-state index in [9.17, 15) is 8.78 Å². The summed E-state index contributed by atoms with van der Waals surface area (Å²) in [6.07, 6.45) is 0. The highest BCUT2D eigenvalue weighted by atomic mass is 19.2. The number of aryl methyl sites for hydroxylation is 1. The summed E-state index contributed by atoms with van der Waals surface area (Å²) >= 11 is 0. The average molecular weight is 208 g/mol. The van der Waals surface area contributed by atoms with Crippen molar-refractivity contribution in [2.75, 3.05) is 12.4 Å². The lowest BCUT2D eigenvalue weighted by molar-refractivity contribution is 0.510. The minimum absolute atomic E-state index is 0.448. The van der Waals surface area contributed by atoms with E-state index in [-0.39, 0.29) is 0 Å². The topological polar surface area (TPSA) is 24.9 Å². The molecule has 2 rings (SSSR count). The number of nitrogens with zero attached hydrogens (tertiary/aromatic N) is 1. The SMILES string of the molecule is CNc1nc2cc(F)c(F)cc2cc1C. The second-order valence-corrected chi connectivity index (χ2v) is 3.36. The predicted molar refractivity (Wildman–Crippen MR) is 55.9 cm³/mol. The van der Waals surface area contributed by atoms with Gasteiger partial charge < -0.3 is 5.32 Å². The number of benzene rings is 1. The molecule has 0 aliphatic heterocycles. The molecule has 0 fully saturated rings. The summed E-state index contributed by atoms with van der Waals surface area (Å²) in [4.78, 5) is 4.18. The lowest BCUT2D eigenvalue weighted by atomic mass is 10.1. The molecular formula is C11H10F2N2. The first-order valence-electron chi connectivity index (χ1n) is 4.56. The van der Waals surface area contributed by atoms with Crippen LogP contribution >= 0.6 is 0 Å². The van der Waals surface area contributed by atoms with Gasteiger partial charge in [-0.3, -0.25) is 0 Å². The van der Waals surface area contributed by atoms with Crippen LogP contribution in [-0.2, 0) is 0 Å². The minimum atomic E-state index is -0.874. The Morgan fingerprint density at radius 2 is 1.80 bits per heavy atom. The molecule has 0 unspecified atom stereocenters. The first-order valence-corrected chi connectivity index (χ1v) is 4.56. The van der Waals surface area contributed by atoms with E-state index in [0.29, 0.717) is 16.7 Å². The summed E-state index contributed by atoms with van der Waals surface area (Å²) < 4.78 is 25.9. The Balaban J connectivity index is 2.76. The van der Waals surface area contributed by atoms with Gasteiger partial charge in [-0.1, -0.05) is 0 Å². The van der Waals surface area contributed by atoms with Gasteiger partial charge in [-0.2, -0.15) is 0 Å². The molecule has 0 saturated carbocycles. The van der Waals surface area contributed by atoms with Crippen LogP contribution in [0.1, 0.15) is 5.56 Å². The molecule has 0 aliphatic carbocycles. The van der Waals surface area contributed by atoms with E-state index in [1.807, 2.05) is 6.92 Å². The van der Waals surface area contributed by atoms with Crippen molar-refractivity contribution in [1.82, 2.24) is 4.98 Å². The molecule has 0 bridgehead atoms. The molecular weight excluding hydrogens is 198 g/mol. The van der Waals surface area contributed by atoms with Gasteiger partial charge in [-0.25, -0.2) is 13.8 Å². The maximum Gasteiger partial charge on any atom is 0.161 e. The van der Waals surface area contributed by atoms with E-state index >= 15 is 0 Å². The highest BCUT2D eigenvalue weighted by molar-refractivity contribution is 5.81. The number of hydrogen-bond donors (Lipinski definition) is 1. The van der Waals surface area contributed by atoms with Crippen molar-refractivity contribution >= 4 is 16.7 Å². The van der Waals surface area contributed by atoms with Crippen molar-refractivity contribution in [1.29, 1.82) is 0 Å². The third kappa shape index (κ3) is 1.63. The van der Waals surface area contributed by atoms with Gasteiger partial charge in [0.05, 0.1) is 5.52 Å². The third-order valence-corrected chi connectivity index (χ3v) is 2.28. The molecule has 1 aromatic carbocycles. The van der Waals surface area contributed by atoms with Crippen molar-refractivity contribution in [2.24, 2.45) is 0 Å². The van der Waals surface area contributed by atoms with Crippen LogP contribution in [0.5, 0.6) is 0 Å². The van der Waals surface area contributed by atoms with Crippen molar-refractivity contribution in [3.63, 3.8) is 0 Å². The van der Waals surface area contributed by atoms with Gasteiger partial charge in [0.1, 0.15) is 5.82 Å². The van der Waals surface area contributed by atoms with Crippen LogP contribution in [0.15, 0.2) is 18.2 Å². The number of fused-ring (bicyclic) bond motifs is 1. The highest BCUT2D eigenvalue weighted by Gasteiger charge is 2.07. The van der Waals surface area contributed by atoms with Gasteiger partial charge in [-0.15, -0.1) is 0 Å². The number of nitrogens with one attached hydrogen (secondary N) is 1. The summed E-state index contributed by atoms with van der Waals surface area (Å²) in [5, 5.41) is 3.50. The maximum atomic E-state index is 12.9. The molecule has 0 spiro atoms. The Bertz CT molecular complexity index is 523. The lowest BCUT2D eigenvalue weighted by Gasteiger charge is -2.06. The maximum absolute atomic E-state index is 12.9. The van der Waals surface area contributed by atoms with Gasteiger partial charge in [0.15, 0.2) is 11.6 Å². The monoisotopic (exact) mass is 208 g/mol. The quantitative estimate of drug-likeness (QED) is 0.779. The molecule has 2 nitrogen and oxygen atoms in total. The fraction of sp³-hybridized carbons (Fsp3) is 0.182. The normalized spacial score (nSPS) is 10.7. The first-order chi connectivity index (χ1) is 7.11. The zero-order valence-corrected chi connectivity index (χ0v) is 8.44. The van der Waals surface area contributed by atoms with Crippen molar-refractivity contribution in [3.05, 3.63) is 35.4 Å². The smallest absolute Gasteiger partial charge is 0.161 e. The second-order valence-electron chi connectivity index (χ2n) is 3.36. The van der Waals surface area contributed by atoms with Crippen LogP contribution in [0.3, 0.4) is 0 Å². The largest absolute Gasteiger partial charge is 0.373 e. The van der Waals surface area contributed by atoms with E-state index in [4.69, 9.17) is 0 Å². The minimum Gasteiger partial charge on any atom is -0.373 e. The molecule has 0 amide bonds. The molecule has 1 N–H and O–H groups in total. The molecule has 0 atom stereocenters. The van der Waals surface area contributed by atoms with E-state index in [1.165, 1.54) is 0 Å². The zero-order valence-electron chi connectivity index (χ0n) is 8.44. The molecule has 78 valence electrons. The Labute approximate surface area is 85.9 Å². The summed E-state index contributed by atoms with van der Waals surface area (Å²) in [5.41, 5.74) is 1.35. The number of pyridine rings is 1. The van der Waals surface area contributed by atoms with Crippen molar-refractivity contribution < 1.29 is 8.78 Å². The summed E-state index contributed by atoms with van der Waals surface area (Å²) in [7, 11) is 1.74. The fourth-order valence-corrected chi connectivity index (χ4v) is 1.53. The number of aromatic nitrogens is 1. The third-order valence-electron chi connectivity index (χ3n) is 2.28. The molecule has 0 radical (unpaired) electrons. The van der Waals surface area contributed by atoms with Crippen LogP contribution in [0.2, 0.25) is 0 Å². The van der Waals surface area contributed by atoms with E-state index in [0.717, 1.165) is 17.7 Å². The molecule has 0 saturated heterocycles. The van der Waals surface area contributed by atoms with E-state index in [2.05, 4.69) is 10.3 Å². The van der Waals surface area contributed by atoms with Crippen LogP contribution in [0, 0.1) is 18.6 Å². The van der Waals surface area contributed by atoms with Crippen molar-refractivity contribution in [3.8, 4) is 0 Å². The van der Waals surface area contributed by atoms with Gasteiger partial charge >= 0.3 is 0 Å². The van der Waals surface area contributed by atoms with Gasteiger partial charge in [0.2, 0.25) is 0 Å². The van der Waals surface area contributed by atoms with Crippen LogP contribution < -0.4 is 5.32 Å². The van der Waals surface area contributed by atoms with E-state index < -0.39 is 11.6 Å². The number of hydrogen-bond acceptors (Lipinski definition) is 2. The molecule has 1 heterocycles. The lowest BCUT2D eigenvalue weighted by Crippen LogP contribution is -1.97. The second kappa shape index (κ2) is 3.46. The number of halogens is 2. The Morgan fingerprint density at radius 1 is 1.13 bits per heavy atom. The van der Waals surface area contributed by atoms with Crippen LogP contribution in [0.4, 0.5) is 14.6 Å². The van der Waals surface area contributed by atoms with Gasteiger partial charge in [0.25, 0.3) is 0 Å². The fourth-order valence-electron chi connectivity index (χ4n) is 1.53. The number of rotatable bonds is 1. The van der Waals surface area contributed by atoms with Crippen molar-refractivity contribution in [2.45, 2.75) is 6.92 Å². The van der Waals surface area contributed by atoms with Gasteiger partial charge in [0, 0.05) is 18.5 Å². The first kappa shape index (κ1) is 9.83. The molecule has 2 aromatic rings. The number of anilines is 1. The average Bonchev–Trinajstić information content (AvgIpc) is 2.20. The standard InChI is InChI=1S/C11H10F2N2/c1-6-3-7-4-8(12)9(13)5-10(7)15-11(6)14-2/h3-5H,1-2H3,(H,14,15). The molecule has 1 aromatic heterocycles. The Hall–Kier alpha value is -1.71. The highest BCUT2D eigenvalue weighted by Crippen LogP contribution is 2.21. The van der Waals surface area contributed by atoms with Gasteiger partial charge in [-0.05, 0) is 24.6 Å². The van der Waals surface area contributed by atoms with Crippen LogP contribution in [-0.4, -0.2) is 12.0 Å². The predicted octanol–water partition coefficient (Wildman–Crippen LogP) is 2.86. The summed E-state index contributed by atoms with van der Waals surface area (Å²) in [6.45, 7) is 1.86. The Kier molecular flexibility index (Phi) is 2.26. The molecule has 15 heavy (non-hydrogen) atoms. The molecule has 4 heteroatoms.